The van der Waals surface area contributed by atoms with Gasteiger partial charge in [-0.1, -0.05) is 30.2 Å². The van der Waals surface area contributed by atoms with E-state index in [2.05, 4.69) is 15.3 Å². The zero-order valence-corrected chi connectivity index (χ0v) is 16.6. The summed E-state index contributed by atoms with van der Waals surface area (Å²) >= 11 is 7.53. The predicted octanol–water partition coefficient (Wildman–Crippen LogP) is 4.29. The predicted molar refractivity (Wildman–Crippen MR) is 109 cm³/mol. The van der Waals surface area contributed by atoms with Crippen molar-refractivity contribution < 1.29 is 0 Å². The van der Waals surface area contributed by atoms with E-state index in [9.17, 15) is 0 Å². The Kier molecular flexibility index (Phi) is 7.10. The van der Waals surface area contributed by atoms with Crippen molar-refractivity contribution in [2.75, 3.05) is 6.54 Å². The summed E-state index contributed by atoms with van der Waals surface area (Å²) in [5, 5.41) is 4.90. The third-order valence-corrected chi connectivity index (χ3v) is 5.13. The molecule has 1 aliphatic rings. The largest absolute Gasteiger partial charge is 0.370 e. The van der Waals surface area contributed by atoms with Crippen LogP contribution in [0, 0.1) is 5.92 Å². The zero-order valence-electron chi connectivity index (χ0n) is 12.7. The second-order valence-corrected chi connectivity index (χ2v) is 7.07. The smallest absolute Gasteiger partial charge is 0.188 e. The van der Waals surface area contributed by atoms with Crippen LogP contribution in [0.2, 0.25) is 5.02 Å². The van der Waals surface area contributed by atoms with E-state index in [-0.39, 0.29) is 24.0 Å². The molecule has 0 spiro atoms. The van der Waals surface area contributed by atoms with E-state index in [4.69, 9.17) is 17.3 Å². The lowest BCUT2D eigenvalue weighted by Crippen LogP contribution is -2.37. The first-order chi connectivity index (χ1) is 10.7. The first-order valence-corrected chi connectivity index (χ1v) is 8.64. The highest BCUT2D eigenvalue weighted by atomic mass is 127. The number of nitrogens with zero attached hydrogens (tertiary/aromatic N) is 2. The van der Waals surface area contributed by atoms with Gasteiger partial charge in [0, 0.05) is 28.2 Å². The molecule has 1 aliphatic carbocycles. The number of benzene rings is 1. The molecule has 2 aromatic rings. The van der Waals surface area contributed by atoms with Gasteiger partial charge in [-0.3, -0.25) is 0 Å². The molecule has 4 nitrogen and oxygen atoms in total. The fourth-order valence-electron chi connectivity index (χ4n) is 2.27. The lowest BCUT2D eigenvalue weighted by Gasteiger charge is -2.25. The Morgan fingerprint density at radius 3 is 2.74 bits per heavy atom. The molecule has 0 unspecified atom stereocenters. The van der Waals surface area contributed by atoms with E-state index in [0.717, 1.165) is 32.9 Å². The molecule has 124 valence electrons. The molecule has 3 rings (SSSR count). The SMILES string of the molecule is I.NC(=NCc1cnc(-c2ccc(Cl)cc2)s1)NCC1CCC1. The molecule has 1 aromatic carbocycles. The molecule has 0 amide bonds. The third-order valence-electron chi connectivity index (χ3n) is 3.85. The second-order valence-electron chi connectivity index (χ2n) is 5.52. The summed E-state index contributed by atoms with van der Waals surface area (Å²) in [4.78, 5) is 9.91. The van der Waals surface area contributed by atoms with Crippen LogP contribution in [0.25, 0.3) is 10.6 Å². The molecule has 0 radical (unpaired) electrons. The first kappa shape index (κ1) is 18.5. The van der Waals surface area contributed by atoms with Gasteiger partial charge in [0.1, 0.15) is 5.01 Å². The number of hydrogen-bond donors (Lipinski definition) is 2. The van der Waals surface area contributed by atoms with Crippen molar-refractivity contribution in [3.05, 3.63) is 40.4 Å². The van der Waals surface area contributed by atoms with Crippen LogP contribution in [0.4, 0.5) is 0 Å². The summed E-state index contributed by atoms with van der Waals surface area (Å²) in [5.41, 5.74) is 6.96. The minimum Gasteiger partial charge on any atom is -0.370 e. The Bertz CT molecular complexity index is 652. The molecule has 1 saturated carbocycles. The van der Waals surface area contributed by atoms with Gasteiger partial charge in [0.25, 0.3) is 0 Å². The summed E-state index contributed by atoms with van der Waals surface area (Å²) in [6.45, 7) is 1.50. The van der Waals surface area contributed by atoms with Gasteiger partial charge in [0.2, 0.25) is 0 Å². The molecule has 1 heterocycles. The van der Waals surface area contributed by atoms with Crippen molar-refractivity contribution in [2.24, 2.45) is 16.6 Å². The zero-order chi connectivity index (χ0) is 15.4. The summed E-state index contributed by atoms with van der Waals surface area (Å²) in [6, 6.07) is 7.70. The van der Waals surface area contributed by atoms with Gasteiger partial charge < -0.3 is 11.1 Å². The number of hydrogen-bond acceptors (Lipinski definition) is 3. The fourth-order valence-corrected chi connectivity index (χ4v) is 3.24. The average Bonchev–Trinajstić information content (AvgIpc) is 2.93. The summed E-state index contributed by atoms with van der Waals surface area (Å²) in [7, 11) is 0. The summed E-state index contributed by atoms with van der Waals surface area (Å²) in [5.74, 6) is 1.29. The van der Waals surface area contributed by atoms with Gasteiger partial charge >= 0.3 is 0 Å². The van der Waals surface area contributed by atoms with Crippen LogP contribution in [0.15, 0.2) is 35.5 Å². The van der Waals surface area contributed by atoms with Crippen molar-refractivity contribution in [1.82, 2.24) is 10.3 Å². The van der Waals surface area contributed by atoms with Crippen molar-refractivity contribution in [1.29, 1.82) is 0 Å². The quantitative estimate of drug-likeness (QED) is 0.396. The Hall–Kier alpha value is -0.860. The van der Waals surface area contributed by atoms with Crippen molar-refractivity contribution >= 4 is 52.9 Å². The third kappa shape index (κ3) is 5.32. The van der Waals surface area contributed by atoms with Gasteiger partial charge in [-0.2, -0.15) is 0 Å². The number of nitrogens with two attached hydrogens (primary N) is 1. The number of rotatable bonds is 5. The number of halogens is 2. The molecule has 0 atom stereocenters. The van der Waals surface area contributed by atoms with Crippen molar-refractivity contribution in [3.63, 3.8) is 0 Å². The highest BCUT2D eigenvalue weighted by Crippen LogP contribution is 2.27. The van der Waals surface area contributed by atoms with Crippen molar-refractivity contribution in [3.8, 4) is 10.6 Å². The van der Waals surface area contributed by atoms with E-state index >= 15 is 0 Å². The molecule has 0 aliphatic heterocycles. The molecule has 1 aromatic heterocycles. The van der Waals surface area contributed by atoms with E-state index in [1.54, 1.807) is 11.3 Å². The van der Waals surface area contributed by atoms with Crippen LogP contribution in [-0.4, -0.2) is 17.5 Å². The summed E-state index contributed by atoms with van der Waals surface area (Å²) in [6.07, 6.45) is 5.81. The molecular formula is C16H20ClIN4S. The van der Waals surface area contributed by atoms with E-state index < -0.39 is 0 Å². The topological polar surface area (TPSA) is 63.3 Å². The number of guanidine groups is 1. The van der Waals surface area contributed by atoms with E-state index in [0.29, 0.717) is 12.5 Å². The van der Waals surface area contributed by atoms with Gasteiger partial charge in [0.05, 0.1) is 6.54 Å². The number of aliphatic imine (C=N–C) groups is 1. The van der Waals surface area contributed by atoms with Gasteiger partial charge in [-0.25, -0.2) is 9.98 Å². The molecule has 3 N–H and O–H groups in total. The Morgan fingerprint density at radius 2 is 2.09 bits per heavy atom. The Balaban J connectivity index is 0.00000192. The minimum absolute atomic E-state index is 0. The lowest BCUT2D eigenvalue weighted by molar-refractivity contribution is 0.315. The van der Waals surface area contributed by atoms with Crippen LogP contribution in [0.1, 0.15) is 24.1 Å². The monoisotopic (exact) mass is 462 g/mol. The Morgan fingerprint density at radius 1 is 1.35 bits per heavy atom. The maximum Gasteiger partial charge on any atom is 0.188 e. The number of nitrogens with one attached hydrogen (secondary N) is 1. The number of thiazole rings is 1. The Labute approximate surface area is 162 Å². The highest BCUT2D eigenvalue weighted by Gasteiger charge is 2.16. The van der Waals surface area contributed by atoms with Gasteiger partial charge in [-0.05, 0) is 30.9 Å². The normalized spacial score (nSPS) is 14.9. The standard InChI is InChI=1S/C16H19ClN4S.HI/c17-13-6-4-12(5-7-13)15-19-9-14(22-15)10-21-16(18)20-8-11-2-1-3-11;/h4-7,9,11H,1-3,8,10H2,(H3,18,20,21);1H. The molecule has 1 fully saturated rings. The highest BCUT2D eigenvalue weighted by molar-refractivity contribution is 14.0. The number of aromatic nitrogens is 1. The lowest BCUT2D eigenvalue weighted by atomic mass is 9.85. The summed E-state index contributed by atoms with van der Waals surface area (Å²) < 4.78 is 0. The van der Waals surface area contributed by atoms with Crippen LogP contribution in [-0.2, 0) is 6.54 Å². The molecule has 23 heavy (non-hydrogen) atoms. The first-order valence-electron chi connectivity index (χ1n) is 7.45. The molecule has 7 heteroatoms. The van der Waals surface area contributed by atoms with Crippen LogP contribution in [0.5, 0.6) is 0 Å². The average molecular weight is 463 g/mol. The van der Waals surface area contributed by atoms with E-state index in [1.807, 2.05) is 30.5 Å². The van der Waals surface area contributed by atoms with Gasteiger partial charge in [-0.15, -0.1) is 35.3 Å². The van der Waals surface area contributed by atoms with Crippen LogP contribution < -0.4 is 11.1 Å². The van der Waals surface area contributed by atoms with Crippen LogP contribution >= 0.6 is 46.9 Å². The molecular weight excluding hydrogens is 443 g/mol. The fraction of sp³-hybridized carbons (Fsp3) is 0.375. The molecule has 0 saturated heterocycles. The maximum atomic E-state index is 5.90. The minimum atomic E-state index is 0. The van der Waals surface area contributed by atoms with Crippen LogP contribution in [0.3, 0.4) is 0 Å². The molecule has 0 bridgehead atoms. The van der Waals surface area contributed by atoms with E-state index in [1.165, 1.54) is 19.3 Å². The van der Waals surface area contributed by atoms with Crippen molar-refractivity contribution in [2.45, 2.75) is 25.8 Å². The van der Waals surface area contributed by atoms with Gasteiger partial charge in [0.15, 0.2) is 5.96 Å². The second kappa shape index (κ2) is 8.84. The maximum absolute atomic E-state index is 5.90.